The molecule has 1 heterocycles. The van der Waals surface area contributed by atoms with Crippen molar-refractivity contribution in [3.63, 3.8) is 0 Å². The molecule has 6 heteroatoms. The predicted octanol–water partition coefficient (Wildman–Crippen LogP) is 1.13. The second kappa shape index (κ2) is 9.93. The van der Waals surface area contributed by atoms with Gasteiger partial charge in [-0.3, -0.25) is 14.5 Å². The number of hydrogen-bond acceptors (Lipinski definition) is 4. The van der Waals surface area contributed by atoms with Crippen LogP contribution < -0.4 is 10.1 Å². The minimum Gasteiger partial charge on any atom is -0.492 e. The molecule has 2 rings (SSSR count). The summed E-state index contributed by atoms with van der Waals surface area (Å²) in [6, 6.07) is 9.78. The Labute approximate surface area is 143 Å². The molecule has 0 unspecified atom stereocenters. The van der Waals surface area contributed by atoms with Crippen LogP contribution in [0.3, 0.4) is 0 Å². The third-order valence-corrected chi connectivity index (χ3v) is 4.06. The van der Waals surface area contributed by atoms with Crippen LogP contribution in [0.25, 0.3) is 0 Å². The van der Waals surface area contributed by atoms with Gasteiger partial charge in [-0.2, -0.15) is 0 Å². The molecule has 1 saturated heterocycles. The van der Waals surface area contributed by atoms with Crippen LogP contribution in [0.4, 0.5) is 0 Å². The average Bonchev–Trinajstić information content (AvgIpc) is 2.61. The normalized spacial score (nSPS) is 15.1. The van der Waals surface area contributed by atoms with Crippen molar-refractivity contribution in [1.29, 1.82) is 0 Å². The molecule has 0 spiro atoms. The lowest BCUT2D eigenvalue weighted by atomic mass is 10.3. The van der Waals surface area contributed by atoms with Crippen molar-refractivity contribution in [1.82, 2.24) is 15.1 Å². The molecule has 1 N–H and O–H groups in total. The molecule has 1 aromatic rings. The molecule has 1 aromatic carbocycles. The Balaban J connectivity index is 1.60. The molecule has 6 nitrogen and oxygen atoms in total. The number of nitrogens with one attached hydrogen (secondary N) is 1. The van der Waals surface area contributed by atoms with Crippen LogP contribution in [-0.4, -0.2) is 67.5 Å². The van der Waals surface area contributed by atoms with Gasteiger partial charge >= 0.3 is 0 Å². The molecular weight excluding hydrogens is 306 g/mol. The van der Waals surface area contributed by atoms with E-state index in [9.17, 15) is 9.59 Å². The lowest BCUT2D eigenvalue weighted by Gasteiger charge is -2.34. The minimum atomic E-state index is -0.0532. The third kappa shape index (κ3) is 6.20. The number of piperazine rings is 1. The lowest BCUT2D eigenvalue weighted by molar-refractivity contribution is -0.134. The van der Waals surface area contributed by atoms with Gasteiger partial charge in [-0.25, -0.2) is 0 Å². The van der Waals surface area contributed by atoms with Gasteiger partial charge < -0.3 is 15.0 Å². The first-order valence-electron chi connectivity index (χ1n) is 8.63. The highest BCUT2D eigenvalue weighted by Gasteiger charge is 2.21. The Morgan fingerprint density at radius 3 is 2.50 bits per heavy atom. The summed E-state index contributed by atoms with van der Waals surface area (Å²) >= 11 is 0. The number of carbonyl (C=O) groups is 2. The number of carbonyl (C=O) groups excluding carboxylic acids is 2. The van der Waals surface area contributed by atoms with Crippen LogP contribution in [0.5, 0.6) is 5.75 Å². The van der Waals surface area contributed by atoms with E-state index < -0.39 is 0 Å². The Morgan fingerprint density at radius 2 is 1.83 bits per heavy atom. The minimum absolute atomic E-state index is 0.000335. The smallest absolute Gasteiger partial charge is 0.242 e. The third-order valence-electron chi connectivity index (χ3n) is 4.06. The maximum Gasteiger partial charge on any atom is 0.242 e. The predicted molar refractivity (Wildman–Crippen MR) is 92.9 cm³/mol. The van der Waals surface area contributed by atoms with Crippen molar-refractivity contribution >= 4 is 11.8 Å². The van der Waals surface area contributed by atoms with E-state index >= 15 is 0 Å². The zero-order valence-electron chi connectivity index (χ0n) is 14.4. The van der Waals surface area contributed by atoms with Crippen LogP contribution in [0.15, 0.2) is 30.3 Å². The highest BCUT2D eigenvalue weighted by Crippen LogP contribution is 2.08. The summed E-state index contributed by atoms with van der Waals surface area (Å²) in [6.07, 6.45) is 1.27. The van der Waals surface area contributed by atoms with Crippen molar-refractivity contribution in [2.45, 2.75) is 19.8 Å². The van der Waals surface area contributed by atoms with Gasteiger partial charge in [-0.05, 0) is 18.6 Å². The Bertz CT molecular complexity index is 514. The van der Waals surface area contributed by atoms with Gasteiger partial charge in [0.2, 0.25) is 11.8 Å². The first-order chi connectivity index (χ1) is 11.7. The fourth-order valence-corrected chi connectivity index (χ4v) is 2.63. The summed E-state index contributed by atoms with van der Waals surface area (Å²) in [5, 5.41) is 2.68. The summed E-state index contributed by atoms with van der Waals surface area (Å²) in [4.78, 5) is 27.6. The van der Waals surface area contributed by atoms with E-state index in [4.69, 9.17) is 4.74 Å². The molecule has 132 valence electrons. The van der Waals surface area contributed by atoms with Crippen LogP contribution >= 0.6 is 0 Å². The number of para-hydroxylation sites is 1. The molecular formula is C18H27N3O3. The number of ether oxygens (including phenoxy) is 1. The van der Waals surface area contributed by atoms with Crippen molar-refractivity contribution in [2.24, 2.45) is 0 Å². The van der Waals surface area contributed by atoms with E-state index in [0.29, 0.717) is 26.1 Å². The van der Waals surface area contributed by atoms with E-state index in [2.05, 4.69) is 10.2 Å². The standard InChI is InChI=1S/C18H27N3O3/c1-2-6-17(22)19-15-18(23)21-11-9-20(10-12-21)13-14-24-16-7-4-3-5-8-16/h3-5,7-8H,2,6,9-15H2,1H3,(H,19,22). The highest BCUT2D eigenvalue weighted by atomic mass is 16.5. The second-order valence-electron chi connectivity index (χ2n) is 5.91. The molecule has 1 aliphatic heterocycles. The maximum atomic E-state index is 12.1. The van der Waals surface area contributed by atoms with Crippen LogP contribution in [0.1, 0.15) is 19.8 Å². The zero-order chi connectivity index (χ0) is 17.2. The molecule has 0 bridgehead atoms. The molecule has 1 fully saturated rings. The molecule has 2 amide bonds. The van der Waals surface area contributed by atoms with Crippen LogP contribution in [0.2, 0.25) is 0 Å². The van der Waals surface area contributed by atoms with Gasteiger partial charge in [-0.15, -0.1) is 0 Å². The first kappa shape index (κ1) is 18.3. The number of rotatable bonds is 8. The topological polar surface area (TPSA) is 61.9 Å². The average molecular weight is 333 g/mol. The highest BCUT2D eigenvalue weighted by molar-refractivity contribution is 5.84. The van der Waals surface area contributed by atoms with Gasteiger partial charge in [0.05, 0.1) is 6.54 Å². The first-order valence-corrected chi connectivity index (χ1v) is 8.63. The van der Waals surface area contributed by atoms with Gasteiger partial charge in [-0.1, -0.05) is 25.1 Å². The Kier molecular flexibility index (Phi) is 7.55. The van der Waals surface area contributed by atoms with Gasteiger partial charge in [0.15, 0.2) is 0 Å². The van der Waals surface area contributed by atoms with Gasteiger partial charge in [0, 0.05) is 39.1 Å². The monoisotopic (exact) mass is 333 g/mol. The van der Waals surface area contributed by atoms with E-state index in [-0.39, 0.29) is 18.4 Å². The number of amides is 2. The fraction of sp³-hybridized carbons (Fsp3) is 0.556. The molecule has 0 aromatic heterocycles. The molecule has 0 radical (unpaired) electrons. The zero-order valence-corrected chi connectivity index (χ0v) is 14.4. The molecule has 1 aliphatic rings. The van der Waals surface area contributed by atoms with Crippen molar-refractivity contribution in [2.75, 3.05) is 45.9 Å². The summed E-state index contributed by atoms with van der Waals surface area (Å²) in [5.41, 5.74) is 0. The maximum absolute atomic E-state index is 12.1. The molecule has 24 heavy (non-hydrogen) atoms. The number of nitrogens with zero attached hydrogens (tertiary/aromatic N) is 2. The van der Waals surface area contributed by atoms with Crippen LogP contribution in [0, 0.1) is 0 Å². The molecule has 0 atom stereocenters. The van der Waals surface area contributed by atoms with E-state index in [1.807, 2.05) is 42.2 Å². The van der Waals surface area contributed by atoms with E-state index in [1.54, 1.807) is 0 Å². The van der Waals surface area contributed by atoms with Crippen LogP contribution in [-0.2, 0) is 9.59 Å². The van der Waals surface area contributed by atoms with Crippen molar-refractivity contribution in [3.8, 4) is 5.75 Å². The number of benzene rings is 1. The van der Waals surface area contributed by atoms with E-state index in [0.717, 1.165) is 31.8 Å². The number of hydrogen-bond donors (Lipinski definition) is 1. The quantitative estimate of drug-likeness (QED) is 0.775. The summed E-state index contributed by atoms with van der Waals surface area (Å²) in [7, 11) is 0. The molecule has 0 saturated carbocycles. The Hall–Kier alpha value is -2.08. The summed E-state index contributed by atoms with van der Waals surface area (Å²) in [6.45, 7) is 6.63. The molecule has 0 aliphatic carbocycles. The van der Waals surface area contributed by atoms with Crippen molar-refractivity contribution < 1.29 is 14.3 Å². The van der Waals surface area contributed by atoms with Gasteiger partial charge in [0.25, 0.3) is 0 Å². The lowest BCUT2D eigenvalue weighted by Crippen LogP contribution is -2.51. The Morgan fingerprint density at radius 1 is 1.12 bits per heavy atom. The van der Waals surface area contributed by atoms with Gasteiger partial charge in [0.1, 0.15) is 12.4 Å². The second-order valence-corrected chi connectivity index (χ2v) is 5.91. The SMILES string of the molecule is CCCC(=O)NCC(=O)N1CCN(CCOc2ccccc2)CC1. The largest absolute Gasteiger partial charge is 0.492 e. The summed E-state index contributed by atoms with van der Waals surface area (Å²) in [5.74, 6) is 0.830. The fourth-order valence-electron chi connectivity index (χ4n) is 2.63. The van der Waals surface area contributed by atoms with Crippen molar-refractivity contribution in [3.05, 3.63) is 30.3 Å². The van der Waals surface area contributed by atoms with E-state index in [1.165, 1.54) is 0 Å². The summed E-state index contributed by atoms with van der Waals surface area (Å²) < 4.78 is 5.70.